The summed E-state index contributed by atoms with van der Waals surface area (Å²) in [5, 5.41) is 0. The van der Waals surface area contributed by atoms with Crippen LogP contribution in [0.2, 0.25) is 0 Å². The molecule has 0 aliphatic carbocycles. The third kappa shape index (κ3) is 2.99. The van der Waals surface area contributed by atoms with Crippen LogP contribution in [0.15, 0.2) is 42.9 Å². The highest BCUT2D eigenvalue weighted by Crippen LogP contribution is 2.29. The van der Waals surface area contributed by atoms with E-state index in [1.165, 1.54) is 0 Å². The van der Waals surface area contributed by atoms with Crippen molar-refractivity contribution in [1.82, 2.24) is 19.9 Å². The monoisotopic (exact) mass is 345 g/mol. The number of hydrogen-bond donors (Lipinski definition) is 0. The largest absolute Gasteiger partial charge is 0.334 e. The molecule has 0 spiro atoms. The predicted molar refractivity (Wildman–Crippen MR) is 90.3 cm³/mol. The summed E-state index contributed by atoms with van der Waals surface area (Å²) in [6, 6.07) is 7.44. The molecular formula is C16H19N5O2S. The van der Waals surface area contributed by atoms with Crippen LogP contribution < -0.4 is 4.90 Å². The second kappa shape index (κ2) is 6.10. The van der Waals surface area contributed by atoms with Crippen LogP contribution in [0.4, 0.5) is 5.95 Å². The van der Waals surface area contributed by atoms with Crippen LogP contribution in [0.1, 0.15) is 5.69 Å². The fraction of sp³-hybridized carbons (Fsp3) is 0.438. The van der Waals surface area contributed by atoms with Gasteiger partial charge in [-0.05, 0) is 18.2 Å². The van der Waals surface area contributed by atoms with Crippen molar-refractivity contribution in [2.75, 3.05) is 29.5 Å². The lowest BCUT2D eigenvalue weighted by Crippen LogP contribution is -2.59. The van der Waals surface area contributed by atoms with Gasteiger partial charge in [-0.15, -0.1) is 0 Å². The van der Waals surface area contributed by atoms with Gasteiger partial charge in [0.2, 0.25) is 5.95 Å². The fourth-order valence-corrected chi connectivity index (χ4v) is 5.62. The molecule has 2 atom stereocenters. The molecule has 0 N–H and O–H groups in total. The first kappa shape index (κ1) is 15.5. The van der Waals surface area contributed by atoms with Crippen LogP contribution in [0.3, 0.4) is 0 Å². The number of hydrogen-bond acceptors (Lipinski definition) is 7. The van der Waals surface area contributed by atoms with Crippen LogP contribution in [-0.4, -0.2) is 64.9 Å². The number of aromatic nitrogens is 3. The summed E-state index contributed by atoms with van der Waals surface area (Å²) in [5.41, 5.74) is 0.963. The molecule has 126 valence electrons. The maximum absolute atomic E-state index is 12.3. The first-order chi connectivity index (χ1) is 11.6. The first-order valence-corrected chi connectivity index (χ1v) is 9.82. The number of sulfone groups is 1. The molecule has 7 nitrogen and oxygen atoms in total. The lowest BCUT2D eigenvalue weighted by atomic mass is 10.0. The third-order valence-electron chi connectivity index (χ3n) is 4.69. The van der Waals surface area contributed by atoms with Crippen molar-refractivity contribution >= 4 is 15.8 Å². The molecule has 4 rings (SSSR count). The highest BCUT2D eigenvalue weighted by molar-refractivity contribution is 7.91. The summed E-state index contributed by atoms with van der Waals surface area (Å²) in [6.07, 6.45) is 5.16. The van der Waals surface area contributed by atoms with Crippen molar-refractivity contribution in [3.63, 3.8) is 0 Å². The Bertz CT molecular complexity index is 800. The van der Waals surface area contributed by atoms with Crippen molar-refractivity contribution in [2.24, 2.45) is 0 Å². The Morgan fingerprint density at radius 3 is 2.46 bits per heavy atom. The summed E-state index contributed by atoms with van der Waals surface area (Å²) in [7, 11) is -3.05. The molecule has 8 heteroatoms. The van der Waals surface area contributed by atoms with E-state index in [2.05, 4.69) is 19.9 Å². The standard InChI is InChI=1S/C16H19N5O2S/c22-24(23)11-14-15(12-24)21(16-18-6-3-7-19-16)9-8-20(14)10-13-4-1-2-5-17-13/h1-7,14-15H,8-12H2/t14-,15+/m0/s1. The van der Waals surface area contributed by atoms with Crippen LogP contribution in [-0.2, 0) is 16.4 Å². The third-order valence-corrected chi connectivity index (χ3v) is 6.39. The molecular weight excluding hydrogens is 326 g/mol. The van der Waals surface area contributed by atoms with E-state index >= 15 is 0 Å². The average Bonchev–Trinajstić information content (AvgIpc) is 2.92. The minimum absolute atomic E-state index is 0.0467. The van der Waals surface area contributed by atoms with E-state index in [1.54, 1.807) is 24.7 Å². The second-order valence-corrected chi connectivity index (χ2v) is 8.40. The number of anilines is 1. The molecule has 2 aromatic rings. The van der Waals surface area contributed by atoms with Gasteiger partial charge in [-0.2, -0.15) is 0 Å². The van der Waals surface area contributed by atoms with E-state index in [0.717, 1.165) is 12.2 Å². The topological polar surface area (TPSA) is 79.3 Å². The highest BCUT2D eigenvalue weighted by atomic mass is 32.2. The van der Waals surface area contributed by atoms with E-state index in [9.17, 15) is 8.42 Å². The summed E-state index contributed by atoms with van der Waals surface area (Å²) in [4.78, 5) is 17.3. The van der Waals surface area contributed by atoms with E-state index in [0.29, 0.717) is 19.0 Å². The van der Waals surface area contributed by atoms with Gasteiger partial charge in [0.15, 0.2) is 9.84 Å². The lowest BCUT2D eigenvalue weighted by Gasteiger charge is -2.43. The zero-order valence-corrected chi connectivity index (χ0v) is 14.0. The smallest absolute Gasteiger partial charge is 0.225 e. The van der Waals surface area contributed by atoms with Crippen LogP contribution in [0.5, 0.6) is 0 Å². The summed E-state index contributed by atoms with van der Waals surface area (Å²) >= 11 is 0. The molecule has 24 heavy (non-hydrogen) atoms. The first-order valence-electron chi connectivity index (χ1n) is 8.00. The molecule has 2 aliphatic rings. The van der Waals surface area contributed by atoms with Crippen molar-refractivity contribution in [3.8, 4) is 0 Å². The SMILES string of the molecule is O=S1(=O)C[C@@H]2[C@H](C1)N(Cc1ccccn1)CCN2c1ncccn1. The number of fused-ring (bicyclic) bond motifs is 1. The zero-order chi connectivity index (χ0) is 16.6. The van der Waals surface area contributed by atoms with Gasteiger partial charge in [0.25, 0.3) is 0 Å². The fourth-order valence-electron chi connectivity index (χ4n) is 3.61. The number of piperazine rings is 1. The van der Waals surface area contributed by atoms with Gasteiger partial charge in [-0.25, -0.2) is 18.4 Å². The quantitative estimate of drug-likeness (QED) is 0.794. The summed E-state index contributed by atoms with van der Waals surface area (Å²) in [6.45, 7) is 2.15. The normalized spacial score (nSPS) is 26.2. The summed E-state index contributed by atoms with van der Waals surface area (Å²) < 4.78 is 24.5. The van der Waals surface area contributed by atoms with Crippen molar-refractivity contribution in [1.29, 1.82) is 0 Å². The molecule has 4 heterocycles. The molecule has 2 aromatic heterocycles. The molecule has 0 aromatic carbocycles. The van der Waals surface area contributed by atoms with Crippen molar-refractivity contribution in [2.45, 2.75) is 18.6 Å². The Kier molecular flexibility index (Phi) is 3.93. The second-order valence-electron chi connectivity index (χ2n) is 6.25. The highest BCUT2D eigenvalue weighted by Gasteiger charge is 2.47. The van der Waals surface area contributed by atoms with E-state index < -0.39 is 9.84 Å². The molecule has 2 fully saturated rings. The molecule has 0 amide bonds. The van der Waals surface area contributed by atoms with Gasteiger partial charge in [0.05, 0.1) is 23.2 Å². The van der Waals surface area contributed by atoms with Gasteiger partial charge >= 0.3 is 0 Å². The minimum Gasteiger partial charge on any atom is -0.334 e. The molecule has 0 saturated carbocycles. The van der Waals surface area contributed by atoms with Gasteiger partial charge < -0.3 is 4.90 Å². The molecule has 0 bridgehead atoms. The van der Waals surface area contributed by atoms with Crippen LogP contribution in [0, 0.1) is 0 Å². The predicted octanol–water partition coefficient (Wildman–Crippen LogP) is 0.359. The van der Waals surface area contributed by atoms with E-state index in [-0.39, 0.29) is 23.6 Å². The maximum atomic E-state index is 12.3. The van der Waals surface area contributed by atoms with Gasteiger partial charge in [0.1, 0.15) is 0 Å². The maximum Gasteiger partial charge on any atom is 0.225 e. The Labute approximate surface area is 141 Å². The van der Waals surface area contributed by atoms with Gasteiger partial charge in [-0.1, -0.05) is 6.07 Å². The lowest BCUT2D eigenvalue weighted by molar-refractivity contribution is 0.157. The Morgan fingerprint density at radius 2 is 1.71 bits per heavy atom. The zero-order valence-electron chi connectivity index (χ0n) is 13.2. The van der Waals surface area contributed by atoms with Gasteiger partial charge in [-0.3, -0.25) is 9.88 Å². The molecule has 2 saturated heterocycles. The molecule has 2 aliphatic heterocycles. The Balaban J connectivity index is 1.61. The Hall–Kier alpha value is -2.06. The molecule has 0 unspecified atom stereocenters. The van der Waals surface area contributed by atoms with E-state index in [4.69, 9.17) is 0 Å². The Morgan fingerprint density at radius 1 is 0.958 bits per heavy atom. The van der Waals surface area contributed by atoms with Gasteiger partial charge in [0, 0.05) is 44.3 Å². The van der Waals surface area contributed by atoms with Crippen molar-refractivity contribution in [3.05, 3.63) is 48.5 Å². The summed E-state index contributed by atoms with van der Waals surface area (Å²) in [5.74, 6) is 0.963. The van der Waals surface area contributed by atoms with Crippen LogP contribution >= 0.6 is 0 Å². The number of pyridine rings is 1. The number of rotatable bonds is 3. The number of nitrogens with zero attached hydrogens (tertiary/aromatic N) is 5. The minimum atomic E-state index is -3.05. The van der Waals surface area contributed by atoms with Crippen molar-refractivity contribution < 1.29 is 8.42 Å². The van der Waals surface area contributed by atoms with Crippen LogP contribution in [0.25, 0.3) is 0 Å². The molecule has 0 radical (unpaired) electrons. The van der Waals surface area contributed by atoms with E-state index in [1.807, 2.05) is 23.1 Å². The average molecular weight is 345 g/mol.